The molecular weight excluding hydrogens is 336 g/mol. The molecule has 4 rings (SSSR count). The third kappa shape index (κ3) is 3.85. The number of thiophene rings is 1. The highest BCUT2D eigenvalue weighted by atomic mass is 32.1. The van der Waals surface area contributed by atoms with Crippen molar-refractivity contribution in [1.82, 2.24) is 9.88 Å². The van der Waals surface area contributed by atoms with Crippen LogP contribution in [-0.2, 0) is 4.74 Å². The van der Waals surface area contributed by atoms with Crippen LogP contribution in [0.2, 0.25) is 0 Å². The summed E-state index contributed by atoms with van der Waals surface area (Å²) in [5.41, 5.74) is 0. The summed E-state index contributed by atoms with van der Waals surface area (Å²) >= 11 is 1.58. The quantitative estimate of drug-likeness (QED) is 0.837. The van der Waals surface area contributed by atoms with E-state index in [9.17, 15) is 4.79 Å². The van der Waals surface area contributed by atoms with Crippen LogP contribution in [0.5, 0.6) is 5.75 Å². The van der Waals surface area contributed by atoms with Crippen molar-refractivity contribution in [2.24, 2.45) is 0 Å². The summed E-state index contributed by atoms with van der Waals surface area (Å²) in [4.78, 5) is 20.7. The van der Waals surface area contributed by atoms with Crippen molar-refractivity contribution in [2.45, 2.75) is 37.9 Å². The maximum atomic E-state index is 12.7. The molecule has 4 heterocycles. The van der Waals surface area contributed by atoms with E-state index in [2.05, 4.69) is 4.98 Å². The Morgan fingerprint density at radius 2 is 1.96 bits per heavy atom. The van der Waals surface area contributed by atoms with Gasteiger partial charge in [0.25, 0.3) is 5.91 Å². The monoisotopic (exact) mass is 358 g/mol. The van der Waals surface area contributed by atoms with Crippen LogP contribution < -0.4 is 4.74 Å². The molecule has 5 nitrogen and oxygen atoms in total. The number of piperidine rings is 1. The molecule has 2 aromatic heterocycles. The lowest BCUT2D eigenvalue weighted by Crippen LogP contribution is -2.41. The Morgan fingerprint density at radius 1 is 1.16 bits per heavy atom. The van der Waals surface area contributed by atoms with E-state index < -0.39 is 0 Å². The molecule has 25 heavy (non-hydrogen) atoms. The molecule has 0 unspecified atom stereocenters. The van der Waals surface area contributed by atoms with Gasteiger partial charge in [-0.2, -0.15) is 0 Å². The number of pyridine rings is 1. The molecule has 1 amide bonds. The molecule has 132 valence electrons. The van der Waals surface area contributed by atoms with Crippen molar-refractivity contribution in [1.29, 1.82) is 0 Å². The molecule has 2 aromatic rings. The standard InChI is InChI=1S/C19H22N2O3S/c22-19(18-4-3-17(25-18)16-2-1-13-23-16)21-11-7-15(8-12-21)24-14-5-9-20-10-6-14/h3-6,9-10,15-16H,1-2,7-8,11-13H2/t16-/m1/s1. The number of hydrogen-bond donors (Lipinski definition) is 0. The number of rotatable bonds is 4. The average Bonchev–Trinajstić information content (AvgIpc) is 3.34. The summed E-state index contributed by atoms with van der Waals surface area (Å²) in [7, 11) is 0. The molecule has 0 saturated carbocycles. The molecule has 2 saturated heterocycles. The fraction of sp³-hybridized carbons (Fsp3) is 0.474. The Balaban J connectivity index is 1.32. The Kier molecular flexibility index (Phi) is 4.99. The van der Waals surface area contributed by atoms with Crippen LogP contribution >= 0.6 is 11.3 Å². The van der Waals surface area contributed by atoms with Gasteiger partial charge in [-0.3, -0.25) is 9.78 Å². The van der Waals surface area contributed by atoms with Crippen LogP contribution in [-0.4, -0.2) is 41.6 Å². The Hall–Kier alpha value is -1.92. The fourth-order valence-electron chi connectivity index (χ4n) is 3.38. The molecule has 0 spiro atoms. The first-order valence-corrected chi connectivity index (χ1v) is 9.68. The lowest BCUT2D eigenvalue weighted by molar-refractivity contribution is 0.0600. The third-order valence-corrected chi connectivity index (χ3v) is 5.93. The largest absolute Gasteiger partial charge is 0.490 e. The number of carbonyl (C=O) groups is 1. The predicted octanol–water partition coefficient (Wildman–Crippen LogP) is 3.68. The normalized spacial score (nSPS) is 21.4. The molecule has 0 aliphatic carbocycles. The van der Waals surface area contributed by atoms with Gasteiger partial charge in [-0.1, -0.05) is 0 Å². The summed E-state index contributed by atoms with van der Waals surface area (Å²) in [6.07, 6.45) is 7.70. The van der Waals surface area contributed by atoms with Crippen molar-refractivity contribution in [2.75, 3.05) is 19.7 Å². The van der Waals surface area contributed by atoms with Gasteiger partial charge < -0.3 is 14.4 Å². The second-order valence-electron chi connectivity index (χ2n) is 6.50. The zero-order valence-corrected chi connectivity index (χ0v) is 14.9. The van der Waals surface area contributed by atoms with Crippen LogP contribution in [0.15, 0.2) is 36.7 Å². The lowest BCUT2D eigenvalue weighted by atomic mass is 10.1. The van der Waals surface area contributed by atoms with Crippen LogP contribution in [0.25, 0.3) is 0 Å². The maximum Gasteiger partial charge on any atom is 0.263 e. The topological polar surface area (TPSA) is 51.7 Å². The first-order chi connectivity index (χ1) is 12.3. The highest BCUT2D eigenvalue weighted by Crippen LogP contribution is 2.34. The van der Waals surface area contributed by atoms with Gasteiger partial charge in [0.15, 0.2) is 0 Å². The molecule has 2 aliphatic heterocycles. The Bertz CT molecular complexity index is 704. The molecule has 1 atom stereocenters. The minimum atomic E-state index is 0.136. The lowest BCUT2D eigenvalue weighted by Gasteiger charge is -2.32. The number of amides is 1. The van der Waals surface area contributed by atoms with Gasteiger partial charge in [0.2, 0.25) is 0 Å². The highest BCUT2D eigenvalue weighted by molar-refractivity contribution is 7.14. The van der Waals surface area contributed by atoms with E-state index in [4.69, 9.17) is 9.47 Å². The molecule has 2 fully saturated rings. The first-order valence-electron chi connectivity index (χ1n) is 8.87. The summed E-state index contributed by atoms with van der Waals surface area (Å²) < 4.78 is 11.7. The fourth-order valence-corrected chi connectivity index (χ4v) is 4.44. The molecule has 0 N–H and O–H groups in total. The van der Waals surface area contributed by atoms with Crippen LogP contribution in [0.3, 0.4) is 0 Å². The molecular formula is C19H22N2O3S. The van der Waals surface area contributed by atoms with Gasteiger partial charge in [0, 0.05) is 49.8 Å². The number of aromatic nitrogens is 1. The minimum Gasteiger partial charge on any atom is -0.490 e. The average molecular weight is 358 g/mol. The Morgan fingerprint density at radius 3 is 2.68 bits per heavy atom. The van der Waals surface area contributed by atoms with E-state index in [1.54, 1.807) is 23.7 Å². The summed E-state index contributed by atoms with van der Waals surface area (Å²) in [5.74, 6) is 0.982. The van der Waals surface area contributed by atoms with E-state index in [0.29, 0.717) is 0 Å². The predicted molar refractivity (Wildman–Crippen MR) is 96.0 cm³/mol. The number of nitrogens with zero attached hydrogens (tertiary/aromatic N) is 2. The number of hydrogen-bond acceptors (Lipinski definition) is 5. The van der Waals surface area contributed by atoms with Crippen molar-refractivity contribution in [3.05, 3.63) is 46.4 Å². The second kappa shape index (κ2) is 7.54. The summed E-state index contributed by atoms with van der Waals surface area (Å²) in [6, 6.07) is 7.74. The molecule has 6 heteroatoms. The van der Waals surface area contributed by atoms with Crippen LogP contribution in [0.1, 0.15) is 46.3 Å². The molecule has 2 aliphatic rings. The molecule has 0 radical (unpaired) electrons. The van der Waals surface area contributed by atoms with Gasteiger partial charge in [0.05, 0.1) is 11.0 Å². The summed E-state index contributed by atoms with van der Waals surface area (Å²) in [5, 5.41) is 0. The van der Waals surface area contributed by atoms with Gasteiger partial charge in [0.1, 0.15) is 11.9 Å². The van der Waals surface area contributed by atoms with E-state index in [1.807, 2.05) is 29.2 Å². The smallest absolute Gasteiger partial charge is 0.263 e. The Labute approximate surface area is 151 Å². The number of likely N-dealkylation sites (tertiary alicyclic amines) is 1. The van der Waals surface area contributed by atoms with Gasteiger partial charge in [-0.25, -0.2) is 0 Å². The van der Waals surface area contributed by atoms with E-state index in [-0.39, 0.29) is 18.1 Å². The van der Waals surface area contributed by atoms with Crippen LogP contribution in [0.4, 0.5) is 0 Å². The van der Waals surface area contributed by atoms with Crippen molar-refractivity contribution < 1.29 is 14.3 Å². The third-order valence-electron chi connectivity index (χ3n) is 4.77. The van der Waals surface area contributed by atoms with Crippen LogP contribution in [0, 0.1) is 0 Å². The zero-order chi connectivity index (χ0) is 17.1. The SMILES string of the molecule is O=C(c1ccc([C@H]2CCCO2)s1)N1CCC(Oc2ccncc2)CC1. The van der Waals surface area contributed by atoms with Gasteiger partial charge in [-0.05, 0) is 37.1 Å². The molecule has 0 bridgehead atoms. The maximum absolute atomic E-state index is 12.7. The second-order valence-corrected chi connectivity index (χ2v) is 7.61. The highest BCUT2D eigenvalue weighted by Gasteiger charge is 2.27. The van der Waals surface area contributed by atoms with Crippen molar-refractivity contribution >= 4 is 17.2 Å². The van der Waals surface area contributed by atoms with Gasteiger partial charge in [-0.15, -0.1) is 11.3 Å². The number of ether oxygens (including phenoxy) is 2. The van der Waals surface area contributed by atoms with E-state index >= 15 is 0 Å². The van der Waals surface area contributed by atoms with E-state index in [1.165, 1.54) is 4.88 Å². The summed E-state index contributed by atoms with van der Waals surface area (Å²) in [6.45, 7) is 2.31. The van der Waals surface area contributed by atoms with E-state index in [0.717, 1.165) is 56.0 Å². The van der Waals surface area contributed by atoms with Gasteiger partial charge >= 0.3 is 0 Å². The zero-order valence-electron chi connectivity index (χ0n) is 14.1. The minimum absolute atomic E-state index is 0.136. The molecule has 0 aromatic carbocycles. The first kappa shape index (κ1) is 16.5. The van der Waals surface area contributed by atoms with Crippen molar-refractivity contribution in [3.63, 3.8) is 0 Å². The number of carbonyl (C=O) groups excluding carboxylic acids is 1. The van der Waals surface area contributed by atoms with Crippen molar-refractivity contribution in [3.8, 4) is 5.75 Å².